The minimum atomic E-state index is -0.144. The number of nitrogens with one attached hydrogen (secondary N) is 2. The molecule has 130 valence electrons. The average Bonchev–Trinajstić information content (AvgIpc) is 2.83. The number of nitrogens with zero attached hydrogens (tertiary/aromatic N) is 1. The number of hydrogen-bond donors (Lipinski definition) is 2. The van der Waals surface area contributed by atoms with E-state index in [-0.39, 0.29) is 17.9 Å². The van der Waals surface area contributed by atoms with Crippen LogP contribution in [0.15, 0.2) is 30.3 Å². The summed E-state index contributed by atoms with van der Waals surface area (Å²) < 4.78 is 0. The third kappa shape index (κ3) is 4.35. The van der Waals surface area contributed by atoms with Crippen molar-refractivity contribution < 1.29 is 9.59 Å². The first-order chi connectivity index (χ1) is 11.7. The molecule has 0 spiro atoms. The Morgan fingerprint density at radius 3 is 2.62 bits per heavy atom. The molecule has 24 heavy (non-hydrogen) atoms. The van der Waals surface area contributed by atoms with Gasteiger partial charge >= 0.3 is 0 Å². The van der Waals surface area contributed by atoms with Gasteiger partial charge in [-0.3, -0.25) is 9.59 Å². The summed E-state index contributed by atoms with van der Waals surface area (Å²) in [6.45, 7) is 3.26. The van der Waals surface area contributed by atoms with Crippen LogP contribution in [0.2, 0.25) is 0 Å². The number of carbonyl (C=O) groups is 2. The highest BCUT2D eigenvalue weighted by atomic mass is 16.2. The molecule has 2 N–H and O–H groups in total. The minimum Gasteiger partial charge on any atom is -0.354 e. The molecule has 2 aliphatic rings. The van der Waals surface area contributed by atoms with E-state index >= 15 is 0 Å². The number of benzene rings is 1. The van der Waals surface area contributed by atoms with Crippen LogP contribution < -0.4 is 10.6 Å². The van der Waals surface area contributed by atoms with E-state index in [9.17, 15) is 9.59 Å². The summed E-state index contributed by atoms with van der Waals surface area (Å²) in [7, 11) is 0. The summed E-state index contributed by atoms with van der Waals surface area (Å²) in [6, 6.07) is 9.77. The Hall–Kier alpha value is -1.88. The van der Waals surface area contributed by atoms with Crippen LogP contribution in [0.4, 0.5) is 0 Å². The van der Waals surface area contributed by atoms with Crippen LogP contribution in [-0.4, -0.2) is 42.9 Å². The Labute approximate surface area is 143 Å². The Balaban J connectivity index is 1.67. The molecule has 3 rings (SSSR count). The zero-order valence-electron chi connectivity index (χ0n) is 14.2. The number of piperidine rings is 1. The lowest BCUT2D eigenvalue weighted by molar-refractivity contribution is -0.134. The van der Waals surface area contributed by atoms with Crippen molar-refractivity contribution in [2.45, 2.75) is 38.1 Å². The van der Waals surface area contributed by atoms with E-state index in [0.29, 0.717) is 31.8 Å². The fourth-order valence-corrected chi connectivity index (χ4v) is 3.74. The third-order valence-electron chi connectivity index (χ3n) is 5.16. The van der Waals surface area contributed by atoms with Gasteiger partial charge in [0.1, 0.15) is 0 Å². The van der Waals surface area contributed by atoms with Crippen LogP contribution in [0.5, 0.6) is 0 Å². The molecular weight excluding hydrogens is 302 g/mol. The molecular formula is C19H27N3O2. The lowest BCUT2D eigenvalue weighted by atomic mass is 9.92. The van der Waals surface area contributed by atoms with Crippen LogP contribution in [0.3, 0.4) is 0 Å². The van der Waals surface area contributed by atoms with Crippen molar-refractivity contribution in [1.82, 2.24) is 15.5 Å². The second-order valence-corrected chi connectivity index (χ2v) is 6.80. The zero-order chi connectivity index (χ0) is 16.8. The first-order valence-electron chi connectivity index (χ1n) is 9.06. The number of hydrogen-bond acceptors (Lipinski definition) is 3. The van der Waals surface area contributed by atoms with Gasteiger partial charge in [0, 0.05) is 19.5 Å². The van der Waals surface area contributed by atoms with Crippen molar-refractivity contribution in [3.63, 3.8) is 0 Å². The van der Waals surface area contributed by atoms with Crippen molar-refractivity contribution in [2.75, 3.05) is 26.2 Å². The summed E-state index contributed by atoms with van der Waals surface area (Å²) in [4.78, 5) is 26.8. The third-order valence-corrected chi connectivity index (χ3v) is 5.16. The van der Waals surface area contributed by atoms with E-state index in [1.54, 1.807) is 0 Å². The van der Waals surface area contributed by atoms with E-state index < -0.39 is 0 Å². The molecule has 5 heteroatoms. The molecule has 0 aromatic heterocycles. The SMILES string of the molecule is O=C1CC(c2ccccc2)N(C(=O)CCC2CCNCC2)CCN1. The highest BCUT2D eigenvalue weighted by molar-refractivity contribution is 5.81. The molecule has 0 bridgehead atoms. The first kappa shape index (κ1) is 17.0. The van der Waals surface area contributed by atoms with Gasteiger partial charge in [0.2, 0.25) is 11.8 Å². The predicted octanol–water partition coefficient (Wildman–Crippen LogP) is 1.86. The predicted molar refractivity (Wildman–Crippen MR) is 93.4 cm³/mol. The quantitative estimate of drug-likeness (QED) is 0.886. The fourth-order valence-electron chi connectivity index (χ4n) is 3.74. The molecule has 0 aliphatic carbocycles. The molecule has 2 saturated heterocycles. The second-order valence-electron chi connectivity index (χ2n) is 6.80. The Morgan fingerprint density at radius 1 is 1.12 bits per heavy atom. The number of carbonyl (C=O) groups excluding carboxylic acids is 2. The molecule has 0 saturated carbocycles. The second kappa shape index (κ2) is 8.29. The molecule has 2 amide bonds. The Morgan fingerprint density at radius 2 is 1.88 bits per heavy atom. The lowest BCUT2D eigenvalue weighted by Crippen LogP contribution is -2.37. The minimum absolute atomic E-state index is 0.0255. The maximum atomic E-state index is 12.9. The highest BCUT2D eigenvalue weighted by Gasteiger charge is 2.29. The van der Waals surface area contributed by atoms with Gasteiger partial charge in [0.25, 0.3) is 0 Å². The molecule has 0 radical (unpaired) electrons. The van der Waals surface area contributed by atoms with Gasteiger partial charge in [-0.05, 0) is 43.8 Å². The maximum absolute atomic E-state index is 12.9. The van der Waals surface area contributed by atoms with Gasteiger partial charge in [0.05, 0.1) is 12.5 Å². The van der Waals surface area contributed by atoms with Gasteiger partial charge in [-0.2, -0.15) is 0 Å². The molecule has 5 nitrogen and oxygen atoms in total. The average molecular weight is 329 g/mol. The van der Waals surface area contributed by atoms with Crippen LogP contribution in [0, 0.1) is 5.92 Å². The van der Waals surface area contributed by atoms with Crippen LogP contribution in [-0.2, 0) is 9.59 Å². The van der Waals surface area contributed by atoms with Crippen molar-refractivity contribution in [1.29, 1.82) is 0 Å². The van der Waals surface area contributed by atoms with Gasteiger partial charge in [-0.15, -0.1) is 0 Å². The molecule has 1 aromatic carbocycles. The van der Waals surface area contributed by atoms with E-state index in [1.165, 1.54) is 0 Å². The van der Waals surface area contributed by atoms with Crippen molar-refractivity contribution >= 4 is 11.8 Å². The van der Waals surface area contributed by atoms with E-state index in [4.69, 9.17) is 0 Å². The molecule has 1 unspecified atom stereocenters. The zero-order valence-corrected chi connectivity index (χ0v) is 14.2. The summed E-state index contributed by atoms with van der Waals surface area (Å²) in [5, 5.41) is 6.26. The lowest BCUT2D eigenvalue weighted by Gasteiger charge is -2.30. The fraction of sp³-hybridized carbons (Fsp3) is 0.579. The van der Waals surface area contributed by atoms with Crippen molar-refractivity contribution in [3.05, 3.63) is 35.9 Å². The Bertz CT molecular complexity index is 555. The summed E-state index contributed by atoms with van der Waals surface area (Å²) in [5.74, 6) is 0.855. The first-order valence-corrected chi connectivity index (χ1v) is 9.06. The maximum Gasteiger partial charge on any atom is 0.223 e. The van der Waals surface area contributed by atoms with Crippen LogP contribution in [0.1, 0.15) is 43.7 Å². The highest BCUT2D eigenvalue weighted by Crippen LogP contribution is 2.27. The van der Waals surface area contributed by atoms with Crippen LogP contribution in [0.25, 0.3) is 0 Å². The van der Waals surface area contributed by atoms with Gasteiger partial charge < -0.3 is 15.5 Å². The molecule has 2 fully saturated rings. The Kier molecular flexibility index (Phi) is 5.86. The standard InChI is InChI=1S/C19H27N3O2/c23-18-14-17(16-4-2-1-3-5-16)22(13-12-21-18)19(24)7-6-15-8-10-20-11-9-15/h1-5,15,17,20H,6-14H2,(H,21,23). The number of amides is 2. The molecule has 2 aliphatic heterocycles. The van der Waals surface area contributed by atoms with Crippen molar-refractivity contribution in [3.8, 4) is 0 Å². The molecule has 1 aromatic rings. The smallest absolute Gasteiger partial charge is 0.223 e. The van der Waals surface area contributed by atoms with E-state index in [1.807, 2.05) is 35.2 Å². The summed E-state index contributed by atoms with van der Waals surface area (Å²) in [6.07, 6.45) is 4.22. The van der Waals surface area contributed by atoms with E-state index in [0.717, 1.165) is 37.9 Å². The van der Waals surface area contributed by atoms with Gasteiger partial charge in [-0.1, -0.05) is 30.3 Å². The van der Waals surface area contributed by atoms with Gasteiger partial charge in [-0.25, -0.2) is 0 Å². The van der Waals surface area contributed by atoms with Gasteiger partial charge in [0.15, 0.2) is 0 Å². The summed E-state index contributed by atoms with van der Waals surface area (Å²) in [5.41, 5.74) is 1.05. The number of rotatable bonds is 4. The van der Waals surface area contributed by atoms with Crippen molar-refractivity contribution in [2.24, 2.45) is 5.92 Å². The molecule has 1 atom stereocenters. The van der Waals surface area contributed by atoms with Crippen LogP contribution >= 0.6 is 0 Å². The monoisotopic (exact) mass is 329 g/mol. The molecule has 2 heterocycles. The van der Waals surface area contributed by atoms with E-state index in [2.05, 4.69) is 10.6 Å². The largest absolute Gasteiger partial charge is 0.354 e. The topological polar surface area (TPSA) is 61.4 Å². The summed E-state index contributed by atoms with van der Waals surface area (Å²) >= 11 is 0. The normalized spacial score (nSPS) is 22.8.